The van der Waals surface area contributed by atoms with Gasteiger partial charge >= 0.3 is 0 Å². The number of imidazole rings is 1. The van der Waals surface area contributed by atoms with Crippen molar-refractivity contribution in [2.45, 2.75) is 26.8 Å². The van der Waals surface area contributed by atoms with Crippen LogP contribution in [0.25, 0.3) is 11.3 Å². The van der Waals surface area contributed by atoms with Gasteiger partial charge in [0.1, 0.15) is 5.82 Å². The molecule has 1 fully saturated rings. The van der Waals surface area contributed by atoms with E-state index in [1.165, 1.54) is 6.42 Å². The lowest BCUT2D eigenvalue weighted by Crippen LogP contribution is -2.04. The summed E-state index contributed by atoms with van der Waals surface area (Å²) < 4.78 is 2.21. The van der Waals surface area contributed by atoms with Gasteiger partial charge in [0, 0.05) is 18.3 Å². The van der Waals surface area contributed by atoms with Crippen molar-refractivity contribution in [1.82, 2.24) is 14.5 Å². The lowest BCUT2D eigenvalue weighted by molar-refractivity contribution is 0.500. The molecule has 1 saturated carbocycles. The van der Waals surface area contributed by atoms with Crippen molar-refractivity contribution in [2.24, 2.45) is 11.3 Å². The summed E-state index contributed by atoms with van der Waals surface area (Å²) >= 11 is 0. The Morgan fingerprint density at radius 1 is 1.39 bits per heavy atom. The van der Waals surface area contributed by atoms with Crippen LogP contribution in [0, 0.1) is 11.3 Å². The number of nitrogen functional groups attached to an aromatic ring is 1. The fraction of sp³-hybridized carbons (Fsp3) is 0.429. The third kappa shape index (κ3) is 1.98. The maximum absolute atomic E-state index is 5.61. The summed E-state index contributed by atoms with van der Waals surface area (Å²) in [5, 5.41) is 0. The van der Waals surface area contributed by atoms with Crippen LogP contribution in [0.4, 0.5) is 5.82 Å². The van der Waals surface area contributed by atoms with Crippen LogP contribution in [0.1, 0.15) is 20.3 Å². The Labute approximate surface area is 107 Å². The molecule has 2 N–H and O–H groups in total. The SMILES string of the molecule is CC1(C)CC1Cn1cncc1-c1ccc(N)nc1. The Morgan fingerprint density at radius 2 is 2.17 bits per heavy atom. The molecule has 2 aromatic rings. The molecule has 3 rings (SSSR count). The molecule has 0 bridgehead atoms. The molecule has 2 aromatic heterocycles. The molecule has 4 nitrogen and oxygen atoms in total. The van der Waals surface area contributed by atoms with E-state index >= 15 is 0 Å². The summed E-state index contributed by atoms with van der Waals surface area (Å²) in [6, 6.07) is 3.82. The van der Waals surface area contributed by atoms with E-state index in [4.69, 9.17) is 5.73 Å². The third-order valence-corrected chi connectivity index (χ3v) is 3.93. The van der Waals surface area contributed by atoms with Crippen LogP contribution in [0.3, 0.4) is 0 Å². The van der Waals surface area contributed by atoms with Gasteiger partial charge in [0.25, 0.3) is 0 Å². The van der Waals surface area contributed by atoms with Gasteiger partial charge in [-0.25, -0.2) is 9.97 Å². The third-order valence-electron chi connectivity index (χ3n) is 3.93. The molecule has 0 amide bonds. The van der Waals surface area contributed by atoms with Crippen molar-refractivity contribution < 1.29 is 0 Å². The van der Waals surface area contributed by atoms with Gasteiger partial charge in [-0.15, -0.1) is 0 Å². The zero-order valence-electron chi connectivity index (χ0n) is 10.8. The molecular weight excluding hydrogens is 224 g/mol. The van der Waals surface area contributed by atoms with Gasteiger partial charge < -0.3 is 10.3 Å². The predicted molar refractivity (Wildman–Crippen MR) is 71.8 cm³/mol. The van der Waals surface area contributed by atoms with Gasteiger partial charge in [-0.3, -0.25) is 0 Å². The van der Waals surface area contributed by atoms with Crippen LogP contribution in [0.5, 0.6) is 0 Å². The number of rotatable bonds is 3. The predicted octanol–water partition coefficient (Wildman–Crippen LogP) is 2.57. The molecule has 0 radical (unpaired) electrons. The van der Waals surface area contributed by atoms with E-state index in [1.807, 2.05) is 24.7 Å². The van der Waals surface area contributed by atoms with Crippen molar-refractivity contribution in [1.29, 1.82) is 0 Å². The number of hydrogen-bond acceptors (Lipinski definition) is 3. The van der Waals surface area contributed by atoms with E-state index < -0.39 is 0 Å². The van der Waals surface area contributed by atoms with Gasteiger partial charge in [0.15, 0.2) is 0 Å². The van der Waals surface area contributed by atoms with E-state index in [9.17, 15) is 0 Å². The van der Waals surface area contributed by atoms with Crippen molar-refractivity contribution in [2.75, 3.05) is 5.73 Å². The number of anilines is 1. The summed E-state index contributed by atoms with van der Waals surface area (Å²) in [4.78, 5) is 8.39. The molecule has 18 heavy (non-hydrogen) atoms. The number of hydrogen-bond donors (Lipinski definition) is 1. The molecule has 0 aromatic carbocycles. The molecule has 1 aliphatic rings. The van der Waals surface area contributed by atoms with Crippen molar-refractivity contribution >= 4 is 5.82 Å². The molecule has 0 saturated heterocycles. The molecule has 0 spiro atoms. The van der Waals surface area contributed by atoms with Gasteiger partial charge in [0.05, 0.1) is 18.2 Å². The molecule has 2 heterocycles. The Balaban J connectivity index is 1.85. The van der Waals surface area contributed by atoms with Gasteiger partial charge in [-0.2, -0.15) is 0 Å². The van der Waals surface area contributed by atoms with Gasteiger partial charge in [0.2, 0.25) is 0 Å². The lowest BCUT2D eigenvalue weighted by Gasteiger charge is -2.09. The highest BCUT2D eigenvalue weighted by Gasteiger charge is 2.45. The summed E-state index contributed by atoms with van der Waals surface area (Å²) in [6.45, 7) is 5.67. The zero-order chi connectivity index (χ0) is 12.8. The minimum atomic E-state index is 0.487. The minimum Gasteiger partial charge on any atom is -0.384 e. The topological polar surface area (TPSA) is 56.7 Å². The number of aromatic nitrogens is 3. The minimum absolute atomic E-state index is 0.487. The zero-order valence-corrected chi connectivity index (χ0v) is 10.8. The van der Waals surface area contributed by atoms with E-state index in [2.05, 4.69) is 28.4 Å². The second-order valence-electron chi connectivity index (χ2n) is 5.79. The summed E-state index contributed by atoms with van der Waals surface area (Å²) in [6.07, 6.45) is 6.90. The van der Waals surface area contributed by atoms with E-state index in [0.29, 0.717) is 11.2 Å². The first-order valence-electron chi connectivity index (χ1n) is 6.28. The fourth-order valence-electron chi connectivity index (χ4n) is 2.39. The van der Waals surface area contributed by atoms with Crippen LogP contribution in [0.15, 0.2) is 30.9 Å². The van der Waals surface area contributed by atoms with Gasteiger partial charge in [-0.05, 0) is 29.9 Å². The van der Waals surface area contributed by atoms with Crippen molar-refractivity contribution in [3.8, 4) is 11.3 Å². The van der Waals surface area contributed by atoms with Crippen LogP contribution >= 0.6 is 0 Å². The summed E-state index contributed by atoms with van der Waals surface area (Å²) in [5.41, 5.74) is 8.28. The molecule has 4 heteroatoms. The first-order chi connectivity index (χ1) is 8.56. The molecule has 1 aliphatic carbocycles. The second kappa shape index (κ2) is 3.83. The lowest BCUT2D eigenvalue weighted by atomic mass is 10.1. The molecule has 1 atom stereocenters. The van der Waals surface area contributed by atoms with E-state index in [1.54, 1.807) is 6.20 Å². The fourth-order valence-corrected chi connectivity index (χ4v) is 2.39. The average Bonchev–Trinajstić information content (AvgIpc) is 2.75. The van der Waals surface area contributed by atoms with Crippen LogP contribution < -0.4 is 5.73 Å². The summed E-state index contributed by atoms with van der Waals surface area (Å²) in [7, 11) is 0. The maximum Gasteiger partial charge on any atom is 0.123 e. The molecule has 94 valence electrons. The first kappa shape index (κ1) is 11.3. The smallest absolute Gasteiger partial charge is 0.123 e. The second-order valence-corrected chi connectivity index (χ2v) is 5.79. The monoisotopic (exact) mass is 242 g/mol. The Morgan fingerprint density at radius 3 is 2.78 bits per heavy atom. The molecular formula is C14H18N4. The van der Waals surface area contributed by atoms with Crippen molar-refractivity contribution in [3.05, 3.63) is 30.9 Å². The number of nitrogens with zero attached hydrogens (tertiary/aromatic N) is 3. The normalized spacial score (nSPS) is 20.9. The Bertz CT molecular complexity index is 553. The maximum atomic E-state index is 5.61. The van der Waals surface area contributed by atoms with E-state index in [-0.39, 0.29) is 0 Å². The number of pyridine rings is 1. The Hall–Kier alpha value is -1.84. The highest BCUT2D eigenvalue weighted by atomic mass is 15.1. The van der Waals surface area contributed by atoms with Crippen LogP contribution in [-0.2, 0) is 6.54 Å². The number of nitrogens with two attached hydrogens (primary N) is 1. The van der Waals surface area contributed by atoms with E-state index in [0.717, 1.165) is 23.7 Å². The largest absolute Gasteiger partial charge is 0.384 e. The molecule has 1 unspecified atom stereocenters. The van der Waals surface area contributed by atoms with Crippen molar-refractivity contribution in [3.63, 3.8) is 0 Å². The quantitative estimate of drug-likeness (QED) is 0.900. The molecule has 0 aliphatic heterocycles. The Kier molecular flexibility index (Phi) is 2.40. The van der Waals surface area contributed by atoms with Crippen LogP contribution in [0.2, 0.25) is 0 Å². The average molecular weight is 242 g/mol. The summed E-state index contributed by atoms with van der Waals surface area (Å²) in [5.74, 6) is 1.31. The highest BCUT2D eigenvalue weighted by Crippen LogP contribution is 2.52. The van der Waals surface area contributed by atoms with Gasteiger partial charge in [-0.1, -0.05) is 13.8 Å². The van der Waals surface area contributed by atoms with Crippen LogP contribution in [-0.4, -0.2) is 14.5 Å². The highest BCUT2D eigenvalue weighted by molar-refractivity contribution is 5.59. The first-order valence-corrected chi connectivity index (χ1v) is 6.28. The standard InChI is InChI=1S/C14H18N4/c1-14(2)5-11(14)8-18-9-16-7-12(18)10-3-4-13(15)17-6-10/h3-4,6-7,9,11H,5,8H2,1-2H3,(H2,15,17).